The van der Waals surface area contributed by atoms with Crippen molar-refractivity contribution in [3.8, 4) is 0 Å². The minimum atomic E-state index is -0.925. The standard InChI is InChI=1S/C15H25NO5/c1-11(21-10-12-6-3-5-9-20-12)14(17)16-8-4-2-7-13(16)15(18)19/h11-13H,2-10H2,1H3,(H,18,19). The third-order valence-corrected chi connectivity index (χ3v) is 4.22. The smallest absolute Gasteiger partial charge is 0.326 e. The zero-order valence-corrected chi connectivity index (χ0v) is 12.6. The quantitative estimate of drug-likeness (QED) is 0.831. The number of piperidine rings is 1. The van der Waals surface area contributed by atoms with Crippen molar-refractivity contribution in [2.45, 2.75) is 63.7 Å². The lowest BCUT2D eigenvalue weighted by molar-refractivity contribution is -0.159. The van der Waals surface area contributed by atoms with Crippen molar-refractivity contribution in [1.82, 2.24) is 4.90 Å². The maximum absolute atomic E-state index is 12.4. The van der Waals surface area contributed by atoms with E-state index in [0.717, 1.165) is 38.7 Å². The first-order chi connectivity index (χ1) is 10.1. The summed E-state index contributed by atoms with van der Waals surface area (Å²) in [6.45, 7) is 3.35. The van der Waals surface area contributed by atoms with Crippen molar-refractivity contribution in [2.24, 2.45) is 0 Å². The van der Waals surface area contributed by atoms with E-state index in [2.05, 4.69) is 0 Å². The molecule has 0 aromatic rings. The summed E-state index contributed by atoms with van der Waals surface area (Å²) in [4.78, 5) is 25.1. The van der Waals surface area contributed by atoms with Crippen LogP contribution in [0.2, 0.25) is 0 Å². The fraction of sp³-hybridized carbons (Fsp3) is 0.867. The summed E-state index contributed by atoms with van der Waals surface area (Å²) in [6, 6.07) is -0.705. The zero-order chi connectivity index (χ0) is 15.2. The van der Waals surface area contributed by atoms with Gasteiger partial charge in [-0.2, -0.15) is 0 Å². The number of hydrogen-bond donors (Lipinski definition) is 1. The molecule has 1 N–H and O–H groups in total. The molecule has 6 nitrogen and oxygen atoms in total. The summed E-state index contributed by atoms with van der Waals surface area (Å²) in [7, 11) is 0. The van der Waals surface area contributed by atoms with E-state index in [1.165, 1.54) is 4.90 Å². The van der Waals surface area contributed by atoms with Gasteiger partial charge in [-0.15, -0.1) is 0 Å². The first-order valence-electron chi connectivity index (χ1n) is 7.86. The van der Waals surface area contributed by atoms with Crippen LogP contribution in [0.1, 0.15) is 45.4 Å². The van der Waals surface area contributed by atoms with E-state index in [9.17, 15) is 14.7 Å². The Bertz CT molecular complexity index is 367. The van der Waals surface area contributed by atoms with Gasteiger partial charge in [-0.05, 0) is 45.4 Å². The molecular weight excluding hydrogens is 274 g/mol. The fourth-order valence-electron chi connectivity index (χ4n) is 2.95. The number of aliphatic carboxylic acids is 1. The molecule has 6 heteroatoms. The minimum Gasteiger partial charge on any atom is -0.480 e. The molecule has 2 aliphatic rings. The van der Waals surface area contributed by atoms with E-state index in [4.69, 9.17) is 9.47 Å². The maximum Gasteiger partial charge on any atom is 0.326 e. The average molecular weight is 299 g/mol. The van der Waals surface area contributed by atoms with Gasteiger partial charge >= 0.3 is 5.97 Å². The molecule has 0 aliphatic carbocycles. The van der Waals surface area contributed by atoms with E-state index < -0.39 is 18.1 Å². The van der Waals surface area contributed by atoms with E-state index in [1.807, 2.05) is 0 Å². The van der Waals surface area contributed by atoms with Crippen molar-refractivity contribution in [1.29, 1.82) is 0 Å². The molecule has 3 unspecified atom stereocenters. The molecule has 1 amide bonds. The minimum absolute atomic E-state index is 0.0608. The monoisotopic (exact) mass is 299 g/mol. The van der Waals surface area contributed by atoms with Gasteiger partial charge in [0.25, 0.3) is 5.91 Å². The normalized spacial score (nSPS) is 28.1. The Morgan fingerprint density at radius 2 is 2.05 bits per heavy atom. The van der Waals surface area contributed by atoms with Crippen LogP contribution in [-0.2, 0) is 19.1 Å². The molecule has 21 heavy (non-hydrogen) atoms. The van der Waals surface area contributed by atoms with Gasteiger partial charge in [0, 0.05) is 13.2 Å². The van der Waals surface area contributed by atoms with Crippen molar-refractivity contribution >= 4 is 11.9 Å². The zero-order valence-electron chi connectivity index (χ0n) is 12.6. The van der Waals surface area contributed by atoms with E-state index >= 15 is 0 Å². The molecule has 2 fully saturated rings. The largest absolute Gasteiger partial charge is 0.480 e. The SMILES string of the molecule is CC(OCC1CCCCO1)C(=O)N1CCCCC1C(=O)O. The van der Waals surface area contributed by atoms with Crippen LogP contribution in [0.15, 0.2) is 0 Å². The predicted octanol–water partition coefficient (Wildman–Crippen LogP) is 1.43. The number of nitrogens with zero attached hydrogens (tertiary/aromatic N) is 1. The predicted molar refractivity (Wildman–Crippen MR) is 76.0 cm³/mol. The Balaban J connectivity index is 1.83. The highest BCUT2D eigenvalue weighted by Crippen LogP contribution is 2.19. The van der Waals surface area contributed by atoms with Crippen LogP contribution in [0.5, 0.6) is 0 Å². The molecule has 2 rings (SSSR count). The Morgan fingerprint density at radius 3 is 2.71 bits per heavy atom. The number of amides is 1. The number of likely N-dealkylation sites (tertiary alicyclic amines) is 1. The number of hydrogen-bond acceptors (Lipinski definition) is 4. The van der Waals surface area contributed by atoms with Crippen LogP contribution >= 0.6 is 0 Å². The van der Waals surface area contributed by atoms with Crippen LogP contribution in [0.4, 0.5) is 0 Å². The summed E-state index contributed by atoms with van der Waals surface area (Å²) in [6.07, 6.45) is 4.85. The molecule has 0 saturated carbocycles. The highest BCUT2D eigenvalue weighted by Gasteiger charge is 2.34. The van der Waals surface area contributed by atoms with Gasteiger partial charge in [0.15, 0.2) is 0 Å². The lowest BCUT2D eigenvalue weighted by Gasteiger charge is -2.35. The second kappa shape index (κ2) is 7.75. The van der Waals surface area contributed by atoms with Gasteiger partial charge in [-0.1, -0.05) is 0 Å². The third kappa shape index (κ3) is 4.41. The topological polar surface area (TPSA) is 76.1 Å². The summed E-state index contributed by atoms with van der Waals surface area (Å²) in [5.74, 6) is -1.15. The van der Waals surface area contributed by atoms with Gasteiger partial charge in [0.1, 0.15) is 12.1 Å². The molecule has 2 heterocycles. The van der Waals surface area contributed by atoms with Gasteiger partial charge in [-0.25, -0.2) is 4.79 Å². The lowest BCUT2D eigenvalue weighted by atomic mass is 10.0. The second-order valence-electron chi connectivity index (χ2n) is 5.85. The van der Waals surface area contributed by atoms with Crippen LogP contribution in [0.3, 0.4) is 0 Å². The third-order valence-electron chi connectivity index (χ3n) is 4.22. The van der Waals surface area contributed by atoms with Crippen molar-refractivity contribution in [3.63, 3.8) is 0 Å². The first kappa shape index (κ1) is 16.2. The highest BCUT2D eigenvalue weighted by molar-refractivity contribution is 5.86. The number of carbonyl (C=O) groups excluding carboxylic acids is 1. The van der Waals surface area contributed by atoms with Crippen LogP contribution in [-0.4, -0.2) is 59.9 Å². The summed E-state index contributed by atoms with van der Waals surface area (Å²) in [5, 5.41) is 9.22. The van der Waals surface area contributed by atoms with E-state index in [0.29, 0.717) is 19.6 Å². The van der Waals surface area contributed by atoms with Gasteiger partial charge in [0.05, 0.1) is 12.7 Å². The van der Waals surface area contributed by atoms with Gasteiger partial charge < -0.3 is 19.5 Å². The molecular formula is C15H25NO5. The second-order valence-corrected chi connectivity index (χ2v) is 5.85. The molecule has 3 atom stereocenters. The summed E-state index contributed by atoms with van der Waals surface area (Å²) < 4.78 is 11.2. The Hall–Kier alpha value is -1.14. The van der Waals surface area contributed by atoms with Crippen molar-refractivity contribution in [3.05, 3.63) is 0 Å². The van der Waals surface area contributed by atoms with Crippen molar-refractivity contribution in [2.75, 3.05) is 19.8 Å². The fourth-order valence-corrected chi connectivity index (χ4v) is 2.95. The summed E-state index contributed by atoms with van der Waals surface area (Å²) in [5.41, 5.74) is 0. The Kier molecular flexibility index (Phi) is 5.99. The van der Waals surface area contributed by atoms with Crippen LogP contribution in [0, 0.1) is 0 Å². The lowest BCUT2D eigenvalue weighted by Crippen LogP contribution is -2.51. The Labute approximate surface area is 125 Å². The molecule has 0 aromatic carbocycles. The maximum atomic E-state index is 12.4. The molecule has 0 aromatic heterocycles. The van der Waals surface area contributed by atoms with Crippen molar-refractivity contribution < 1.29 is 24.2 Å². The summed E-state index contributed by atoms with van der Waals surface area (Å²) >= 11 is 0. The van der Waals surface area contributed by atoms with Gasteiger partial charge in [-0.3, -0.25) is 4.79 Å². The first-order valence-corrected chi connectivity index (χ1v) is 7.86. The van der Waals surface area contributed by atoms with Gasteiger partial charge in [0.2, 0.25) is 0 Å². The molecule has 2 aliphatic heterocycles. The molecule has 2 saturated heterocycles. The van der Waals surface area contributed by atoms with Crippen LogP contribution in [0.25, 0.3) is 0 Å². The Morgan fingerprint density at radius 1 is 1.29 bits per heavy atom. The number of carboxylic acids is 1. The number of carbonyl (C=O) groups is 2. The van der Waals surface area contributed by atoms with E-state index in [-0.39, 0.29) is 12.0 Å². The number of ether oxygens (including phenoxy) is 2. The highest BCUT2D eigenvalue weighted by atomic mass is 16.5. The molecule has 120 valence electrons. The van der Waals surface area contributed by atoms with E-state index in [1.54, 1.807) is 6.92 Å². The molecule has 0 spiro atoms. The molecule has 0 radical (unpaired) electrons. The van der Waals surface area contributed by atoms with Crippen LogP contribution < -0.4 is 0 Å². The molecule has 0 bridgehead atoms. The number of rotatable bonds is 5. The average Bonchev–Trinajstić information content (AvgIpc) is 2.52. The number of carboxylic acid groups (broad SMARTS) is 1.